The summed E-state index contributed by atoms with van der Waals surface area (Å²) in [6.45, 7) is 3.37. The minimum atomic E-state index is -3.39. The smallest absolute Gasteiger partial charge is 0.242 e. The Morgan fingerprint density at radius 2 is 1.81 bits per heavy atom. The second kappa shape index (κ2) is 8.04. The zero-order valence-electron chi connectivity index (χ0n) is 15.7. The van der Waals surface area contributed by atoms with Gasteiger partial charge in [-0.25, -0.2) is 12.7 Å². The summed E-state index contributed by atoms with van der Waals surface area (Å²) in [5.41, 5.74) is 5.44. The molecule has 0 spiro atoms. The fourth-order valence-corrected chi connectivity index (χ4v) is 3.73. The number of hydrogen-bond acceptors (Lipinski definition) is 4. The van der Waals surface area contributed by atoms with Crippen molar-refractivity contribution in [2.24, 2.45) is 0 Å². The highest BCUT2D eigenvalue weighted by molar-refractivity contribution is 7.89. The van der Waals surface area contributed by atoms with E-state index in [2.05, 4.69) is 40.6 Å². The maximum Gasteiger partial charge on any atom is 0.242 e. The summed E-state index contributed by atoms with van der Waals surface area (Å²) in [5, 5.41) is 10.6. The number of nitrogens with one attached hydrogen (secondary N) is 2. The molecule has 142 valence electrons. The molecule has 0 amide bonds. The third-order valence-electron chi connectivity index (χ3n) is 4.37. The van der Waals surface area contributed by atoms with E-state index < -0.39 is 10.0 Å². The van der Waals surface area contributed by atoms with Gasteiger partial charge in [-0.1, -0.05) is 35.9 Å². The van der Waals surface area contributed by atoms with E-state index in [4.69, 9.17) is 0 Å². The number of aryl methyl sites for hydroxylation is 1. The highest BCUT2D eigenvalue weighted by atomic mass is 32.2. The molecule has 3 rings (SSSR count). The third kappa shape index (κ3) is 4.44. The summed E-state index contributed by atoms with van der Waals surface area (Å²) in [7, 11) is -0.330. The van der Waals surface area contributed by atoms with Crippen LogP contribution in [-0.4, -0.2) is 37.0 Å². The molecule has 0 aliphatic rings. The van der Waals surface area contributed by atoms with Gasteiger partial charge in [-0.15, -0.1) is 0 Å². The molecule has 0 aliphatic carbocycles. The van der Waals surface area contributed by atoms with Gasteiger partial charge in [0, 0.05) is 38.3 Å². The van der Waals surface area contributed by atoms with E-state index in [1.165, 1.54) is 24.0 Å². The predicted octanol–water partition coefficient (Wildman–Crippen LogP) is 2.93. The van der Waals surface area contributed by atoms with E-state index in [1.807, 2.05) is 24.4 Å². The van der Waals surface area contributed by atoms with Crippen LogP contribution in [0.4, 0.5) is 0 Å². The second-order valence-electron chi connectivity index (χ2n) is 6.67. The summed E-state index contributed by atoms with van der Waals surface area (Å²) in [6.07, 6.45) is 1.83. The van der Waals surface area contributed by atoms with E-state index in [9.17, 15) is 8.42 Å². The van der Waals surface area contributed by atoms with Crippen LogP contribution in [0.15, 0.2) is 59.6 Å². The lowest BCUT2D eigenvalue weighted by Crippen LogP contribution is -2.22. The van der Waals surface area contributed by atoms with Gasteiger partial charge in [0.1, 0.15) is 0 Å². The average molecular weight is 385 g/mol. The second-order valence-corrected chi connectivity index (χ2v) is 8.83. The van der Waals surface area contributed by atoms with Crippen LogP contribution < -0.4 is 5.32 Å². The first kappa shape index (κ1) is 19.3. The van der Waals surface area contributed by atoms with E-state index in [0.717, 1.165) is 22.4 Å². The van der Waals surface area contributed by atoms with Crippen molar-refractivity contribution in [3.05, 3.63) is 71.4 Å². The fourth-order valence-electron chi connectivity index (χ4n) is 2.83. The highest BCUT2D eigenvalue weighted by Gasteiger charge is 2.16. The molecule has 1 heterocycles. The molecule has 0 atom stereocenters. The number of aromatic amines is 1. The van der Waals surface area contributed by atoms with Gasteiger partial charge >= 0.3 is 0 Å². The van der Waals surface area contributed by atoms with Gasteiger partial charge in [0.25, 0.3) is 0 Å². The Morgan fingerprint density at radius 3 is 2.48 bits per heavy atom. The quantitative estimate of drug-likeness (QED) is 0.657. The van der Waals surface area contributed by atoms with Crippen LogP contribution in [0.2, 0.25) is 0 Å². The normalized spacial score (nSPS) is 11.9. The number of hydrogen-bond donors (Lipinski definition) is 2. The summed E-state index contributed by atoms with van der Waals surface area (Å²) in [4.78, 5) is 0.299. The maximum absolute atomic E-state index is 12.1. The SMILES string of the molecule is Cc1cccc(-c2[nH]ncc2CNCc2ccc(S(=O)(=O)N(C)C)cc2)c1. The average Bonchev–Trinajstić information content (AvgIpc) is 3.10. The lowest BCUT2D eigenvalue weighted by atomic mass is 10.1. The predicted molar refractivity (Wildman–Crippen MR) is 107 cm³/mol. The third-order valence-corrected chi connectivity index (χ3v) is 6.20. The van der Waals surface area contributed by atoms with Crippen LogP contribution >= 0.6 is 0 Å². The van der Waals surface area contributed by atoms with Gasteiger partial charge < -0.3 is 5.32 Å². The maximum atomic E-state index is 12.1. The lowest BCUT2D eigenvalue weighted by Gasteiger charge is -2.12. The molecular formula is C20H24N4O2S. The largest absolute Gasteiger partial charge is 0.308 e. The molecule has 6 nitrogen and oxygen atoms in total. The van der Waals surface area contributed by atoms with Crippen molar-refractivity contribution in [1.29, 1.82) is 0 Å². The molecule has 2 aromatic carbocycles. The Balaban J connectivity index is 1.64. The first-order valence-electron chi connectivity index (χ1n) is 8.69. The molecular weight excluding hydrogens is 360 g/mol. The molecule has 0 radical (unpaired) electrons. The molecule has 0 bridgehead atoms. The molecule has 7 heteroatoms. The number of H-pyrrole nitrogens is 1. The topological polar surface area (TPSA) is 78.1 Å². The molecule has 0 saturated carbocycles. The Hall–Kier alpha value is -2.48. The van der Waals surface area contributed by atoms with Crippen LogP contribution in [0.1, 0.15) is 16.7 Å². The molecule has 1 aromatic heterocycles. The number of rotatable bonds is 7. The van der Waals surface area contributed by atoms with E-state index in [-0.39, 0.29) is 0 Å². The zero-order chi connectivity index (χ0) is 19.4. The lowest BCUT2D eigenvalue weighted by molar-refractivity contribution is 0.520. The van der Waals surface area contributed by atoms with Crippen LogP contribution in [0, 0.1) is 6.92 Å². The Bertz CT molecular complexity index is 1010. The monoisotopic (exact) mass is 384 g/mol. The summed E-state index contributed by atoms with van der Waals surface area (Å²) in [5.74, 6) is 0. The van der Waals surface area contributed by atoms with Crippen LogP contribution in [0.25, 0.3) is 11.3 Å². The van der Waals surface area contributed by atoms with Crippen molar-refractivity contribution < 1.29 is 8.42 Å². The molecule has 0 aliphatic heterocycles. The Kier molecular flexibility index (Phi) is 5.74. The zero-order valence-corrected chi connectivity index (χ0v) is 16.5. The van der Waals surface area contributed by atoms with Gasteiger partial charge in [0.05, 0.1) is 16.8 Å². The molecule has 0 fully saturated rings. The summed E-state index contributed by atoms with van der Waals surface area (Å²) in [6, 6.07) is 15.2. The van der Waals surface area contributed by atoms with Crippen molar-refractivity contribution in [3.8, 4) is 11.3 Å². The molecule has 3 aromatic rings. The summed E-state index contributed by atoms with van der Waals surface area (Å²) < 4.78 is 25.4. The number of sulfonamides is 1. The fraction of sp³-hybridized carbons (Fsp3) is 0.250. The Labute approximate surface area is 160 Å². The highest BCUT2D eigenvalue weighted by Crippen LogP contribution is 2.22. The Morgan fingerprint density at radius 1 is 1.07 bits per heavy atom. The standard InChI is InChI=1S/C20H24N4O2S/c1-15-5-4-6-17(11-15)20-18(14-22-23-20)13-21-12-16-7-9-19(10-8-16)27(25,26)24(2)3/h4-11,14,21H,12-13H2,1-3H3,(H,22,23). The minimum Gasteiger partial charge on any atom is -0.308 e. The van der Waals surface area contributed by atoms with E-state index >= 15 is 0 Å². The van der Waals surface area contributed by atoms with Gasteiger partial charge in [0.15, 0.2) is 0 Å². The first-order valence-corrected chi connectivity index (χ1v) is 10.1. The van der Waals surface area contributed by atoms with Gasteiger partial charge in [-0.3, -0.25) is 5.10 Å². The van der Waals surface area contributed by atoms with Crippen LogP contribution in [0.3, 0.4) is 0 Å². The van der Waals surface area contributed by atoms with E-state index in [1.54, 1.807) is 12.1 Å². The van der Waals surface area contributed by atoms with Crippen LogP contribution in [0.5, 0.6) is 0 Å². The van der Waals surface area contributed by atoms with Gasteiger partial charge in [-0.2, -0.15) is 5.10 Å². The number of aromatic nitrogens is 2. The summed E-state index contributed by atoms with van der Waals surface area (Å²) >= 11 is 0. The molecule has 0 saturated heterocycles. The minimum absolute atomic E-state index is 0.299. The first-order chi connectivity index (χ1) is 12.9. The number of benzene rings is 2. The van der Waals surface area contributed by atoms with Crippen LogP contribution in [-0.2, 0) is 23.1 Å². The van der Waals surface area contributed by atoms with Crippen molar-refractivity contribution in [2.75, 3.05) is 14.1 Å². The van der Waals surface area contributed by atoms with Crippen molar-refractivity contribution >= 4 is 10.0 Å². The molecule has 2 N–H and O–H groups in total. The van der Waals surface area contributed by atoms with Crippen molar-refractivity contribution in [3.63, 3.8) is 0 Å². The number of nitrogens with zero attached hydrogens (tertiary/aromatic N) is 2. The van der Waals surface area contributed by atoms with Gasteiger partial charge in [-0.05, 0) is 30.7 Å². The van der Waals surface area contributed by atoms with Gasteiger partial charge in [0.2, 0.25) is 10.0 Å². The molecule has 0 unspecified atom stereocenters. The van der Waals surface area contributed by atoms with Crippen molar-refractivity contribution in [1.82, 2.24) is 19.8 Å². The van der Waals surface area contributed by atoms with Crippen molar-refractivity contribution in [2.45, 2.75) is 24.9 Å². The van der Waals surface area contributed by atoms with E-state index in [0.29, 0.717) is 18.0 Å². The molecule has 27 heavy (non-hydrogen) atoms.